The summed E-state index contributed by atoms with van der Waals surface area (Å²) in [6.07, 6.45) is 5.24. The summed E-state index contributed by atoms with van der Waals surface area (Å²) >= 11 is 3.66. The summed E-state index contributed by atoms with van der Waals surface area (Å²) in [7, 11) is 1.62. The van der Waals surface area contributed by atoms with Crippen LogP contribution < -0.4 is 14.8 Å². The van der Waals surface area contributed by atoms with E-state index in [-0.39, 0.29) is 28.5 Å². The predicted molar refractivity (Wildman–Crippen MR) is 131 cm³/mol. The van der Waals surface area contributed by atoms with Crippen LogP contribution in [-0.2, 0) is 6.61 Å². The molecule has 3 aromatic rings. The van der Waals surface area contributed by atoms with E-state index in [2.05, 4.69) is 33.4 Å². The summed E-state index contributed by atoms with van der Waals surface area (Å²) in [5.74, 6) is 1.64. The van der Waals surface area contributed by atoms with E-state index in [1.165, 1.54) is 0 Å². The molecule has 168 valence electrons. The number of nitrogens with zero attached hydrogens (tertiary/aromatic N) is 1. The molecule has 1 aliphatic carbocycles. The van der Waals surface area contributed by atoms with Gasteiger partial charge >= 0.3 is 0 Å². The Morgan fingerprint density at radius 1 is 1.15 bits per heavy atom. The van der Waals surface area contributed by atoms with Crippen LogP contribution in [0.1, 0.15) is 35.1 Å². The van der Waals surface area contributed by atoms with Crippen LogP contribution >= 0.6 is 15.9 Å². The lowest BCUT2D eigenvalue weighted by Crippen LogP contribution is -2.29. The first-order chi connectivity index (χ1) is 16.1. The molecule has 0 spiro atoms. The summed E-state index contributed by atoms with van der Waals surface area (Å²) in [4.78, 5) is 11.4. The fourth-order valence-electron chi connectivity index (χ4n) is 4.88. The molecule has 0 unspecified atom stereocenters. The van der Waals surface area contributed by atoms with Crippen molar-refractivity contribution in [2.45, 2.75) is 25.0 Å². The number of methoxy groups -OCH3 is 1. The maximum Gasteiger partial charge on any atom is 0.292 e. The number of ether oxygens (including phenoxy) is 2. The van der Waals surface area contributed by atoms with Crippen LogP contribution in [0.3, 0.4) is 0 Å². The van der Waals surface area contributed by atoms with Gasteiger partial charge < -0.3 is 14.8 Å². The average Bonchev–Trinajstić information content (AvgIpc) is 3.33. The number of hydrogen-bond donors (Lipinski definition) is 1. The third kappa shape index (κ3) is 3.97. The van der Waals surface area contributed by atoms with Crippen LogP contribution in [0.25, 0.3) is 0 Å². The van der Waals surface area contributed by atoms with E-state index >= 15 is 0 Å². The van der Waals surface area contributed by atoms with Gasteiger partial charge in [0.1, 0.15) is 12.3 Å². The lowest BCUT2D eigenvalue weighted by Gasteiger charge is -2.37. The lowest BCUT2D eigenvalue weighted by atomic mass is 9.76. The van der Waals surface area contributed by atoms with E-state index in [4.69, 9.17) is 9.47 Å². The zero-order valence-corrected chi connectivity index (χ0v) is 19.6. The molecule has 7 heteroatoms. The summed E-state index contributed by atoms with van der Waals surface area (Å²) < 4.78 is 12.6. The molecule has 0 amide bonds. The maximum absolute atomic E-state index is 11.7. The Balaban J connectivity index is 1.50. The van der Waals surface area contributed by atoms with Crippen molar-refractivity contribution in [3.8, 4) is 11.5 Å². The van der Waals surface area contributed by atoms with E-state index in [9.17, 15) is 10.1 Å². The number of benzene rings is 3. The van der Waals surface area contributed by atoms with Gasteiger partial charge in [0.15, 0.2) is 11.5 Å². The van der Waals surface area contributed by atoms with E-state index < -0.39 is 0 Å². The Bertz CT molecular complexity index is 1230. The minimum atomic E-state index is -0.321. The van der Waals surface area contributed by atoms with E-state index in [0.29, 0.717) is 23.8 Å². The van der Waals surface area contributed by atoms with Gasteiger partial charge in [-0.05, 0) is 57.1 Å². The third-order valence-corrected chi connectivity index (χ3v) is 7.00. The van der Waals surface area contributed by atoms with Crippen molar-refractivity contribution in [2.75, 3.05) is 12.4 Å². The highest BCUT2D eigenvalue weighted by molar-refractivity contribution is 9.10. The molecule has 0 saturated carbocycles. The standard InChI is InChI=1S/C26H23BrN2O4/c1-32-23-14-17(13-21(27)26(23)33-15-16-7-3-2-4-8-16)24-19-10-5-9-18(19)20-11-6-12-22(29(30)31)25(20)28-24/h2-9,11-14,18-19,24,28H,10,15H2,1H3/t18-,19-,24-/m0/s1. The highest BCUT2D eigenvalue weighted by atomic mass is 79.9. The molecule has 0 radical (unpaired) electrons. The molecular weight excluding hydrogens is 484 g/mol. The molecule has 6 nitrogen and oxygen atoms in total. The molecule has 1 N–H and O–H groups in total. The highest BCUT2D eigenvalue weighted by Crippen LogP contribution is 2.53. The van der Waals surface area contributed by atoms with Crippen LogP contribution in [0.15, 0.2) is 77.3 Å². The van der Waals surface area contributed by atoms with Crippen LogP contribution in [0.4, 0.5) is 11.4 Å². The average molecular weight is 507 g/mol. The third-order valence-electron chi connectivity index (χ3n) is 6.41. The van der Waals surface area contributed by atoms with E-state index in [1.807, 2.05) is 48.5 Å². The van der Waals surface area contributed by atoms with Crippen molar-refractivity contribution in [1.82, 2.24) is 0 Å². The Morgan fingerprint density at radius 3 is 2.73 bits per heavy atom. The second-order valence-corrected chi connectivity index (χ2v) is 9.14. The van der Waals surface area contributed by atoms with Crippen LogP contribution in [-0.4, -0.2) is 12.0 Å². The fraction of sp³-hybridized carbons (Fsp3) is 0.231. The van der Waals surface area contributed by atoms with Crippen molar-refractivity contribution in [2.24, 2.45) is 5.92 Å². The zero-order chi connectivity index (χ0) is 22.9. The fourth-order valence-corrected chi connectivity index (χ4v) is 5.45. The predicted octanol–water partition coefficient (Wildman–Crippen LogP) is 6.77. The van der Waals surface area contributed by atoms with Crippen LogP contribution in [0.2, 0.25) is 0 Å². The molecule has 1 aliphatic heterocycles. The number of anilines is 1. The second-order valence-electron chi connectivity index (χ2n) is 8.28. The minimum Gasteiger partial charge on any atom is -0.493 e. The Labute approximate surface area is 200 Å². The minimum absolute atomic E-state index is 0.102. The molecule has 0 aromatic heterocycles. The van der Waals surface area contributed by atoms with Gasteiger partial charge in [0.2, 0.25) is 0 Å². The number of hydrogen-bond acceptors (Lipinski definition) is 5. The number of para-hydroxylation sites is 1. The number of nitrogens with one attached hydrogen (secondary N) is 1. The number of nitro benzene ring substituents is 1. The van der Waals surface area contributed by atoms with E-state index in [0.717, 1.165) is 27.6 Å². The monoisotopic (exact) mass is 506 g/mol. The van der Waals surface area contributed by atoms with Crippen molar-refractivity contribution in [1.29, 1.82) is 0 Å². The molecule has 0 saturated heterocycles. The summed E-state index contributed by atoms with van der Waals surface area (Å²) in [5, 5.41) is 15.2. The molecule has 5 rings (SSSR count). The summed E-state index contributed by atoms with van der Waals surface area (Å²) in [6.45, 7) is 0.422. The van der Waals surface area contributed by atoms with E-state index in [1.54, 1.807) is 19.2 Å². The first-order valence-corrected chi connectivity index (χ1v) is 11.6. The number of halogens is 1. The Kier molecular flexibility index (Phi) is 5.81. The van der Waals surface area contributed by atoms with Gasteiger partial charge in [0, 0.05) is 12.0 Å². The van der Waals surface area contributed by atoms with Gasteiger partial charge in [0.25, 0.3) is 5.69 Å². The smallest absolute Gasteiger partial charge is 0.292 e. The number of allylic oxidation sites excluding steroid dienone is 2. The van der Waals surface area contributed by atoms with Crippen LogP contribution in [0.5, 0.6) is 11.5 Å². The number of nitro groups is 1. The van der Waals surface area contributed by atoms with Crippen molar-refractivity contribution >= 4 is 27.3 Å². The Morgan fingerprint density at radius 2 is 1.97 bits per heavy atom. The molecule has 3 atom stereocenters. The van der Waals surface area contributed by atoms with Gasteiger partial charge in [-0.3, -0.25) is 10.1 Å². The number of rotatable bonds is 6. The topological polar surface area (TPSA) is 73.6 Å². The molecule has 33 heavy (non-hydrogen) atoms. The van der Waals surface area contributed by atoms with Gasteiger partial charge in [-0.25, -0.2) is 0 Å². The molecule has 1 heterocycles. The van der Waals surface area contributed by atoms with Gasteiger partial charge in [-0.2, -0.15) is 0 Å². The number of fused-ring (bicyclic) bond motifs is 3. The van der Waals surface area contributed by atoms with Crippen molar-refractivity contribution in [3.05, 3.63) is 104 Å². The maximum atomic E-state index is 11.7. The van der Waals surface area contributed by atoms with Crippen LogP contribution in [0, 0.1) is 16.0 Å². The quantitative estimate of drug-likeness (QED) is 0.226. The lowest BCUT2D eigenvalue weighted by molar-refractivity contribution is -0.384. The summed E-state index contributed by atoms with van der Waals surface area (Å²) in [6, 6.07) is 19.1. The van der Waals surface area contributed by atoms with Gasteiger partial charge in [-0.15, -0.1) is 0 Å². The normalized spacial score (nSPS) is 20.5. The first kappa shape index (κ1) is 21.5. The molecule has 3 aromatic carbocycles. The molecule has 0 bridgehead atoms. The SMILES string of the molecule is COc1cc([C@@H]2Nc3c(cccc3[N+](=O)[O-])[C@H]3C=CC[C@@H]32)cc(Br)c1OCc1ccccc1. The first-order valence-electron chi connectivity index (χ1n) is 10.8. The van der Waals surface area contributed by atoms with Gasteiger partial charge in [-0.1, -0.05) is 54.6 Å². The highest BCUT2D eigenvalue weighted by Gasteiger charge is 2.40. The van der Waals surface area contributed by atoms with Gasteiger partial charge in [0.05, 0.1) is 22.5 Å². The largest absolute Gasteiger partial charge is 0.493 e. The Hall–Kier alpha value is -3.32. The molecular formula is C26H23BrN2O4. The summed E-state index contributed by atoms with van der Waals surface area (Å²) in [5.41, 5.74) is 3.74. The second kappa shape index (κ2) is 8.90. The van der Waals surface area contributed by atoms with Crippen molar-refractivity contribution < 1.29 is 14.4 Å². The van der Waals surface area contributed by atoms with Crippen molar-refractivity contribution in [3.63, 3.8) is 0 Å². The zero-order valence-electron chi connectivity index (χ0n) is 18.0. The molecule has 2 aliphatic rings. The molecule has 0 fully saturated rings.